The molecular formula is C10H16N4O2. The first-order chi connectivity index (χ1) is 7.63. The number of rotatable bonds is 5. The number of hydrogen-bond donors (Lipinski definition) is 2. The third kappa shape index (κ3) is 3.74. The number of nitrogens with zero attached hydrogens (tertiary/aromatic N) is 3. The summed E-state index contributed by atoms with van der Waals surface area (Å²) in [6, 6.07) is 3.37. The van der Waals surface area contributed by atoms with Crippen molar-refractivity contribution < 1.29 is 9.94 Å². The Balaban J connectivity index is 2.52. The quantitative estimate of drug-likeness (QED) is 0.321. The summed E-state index contributed by atoms with van der Waals surface area (Å²) in [5.74, 6) is 0.559. The van der Waals surface area contributed by atoms with Crippen LogP contribution in [0.4, 0.5) is 0 Å². The molecule has 0 aromatic carbocycles. The summed E-state index contributed by atoms with van der Waals surface area (Å²) < 4.78 is 5.39. The van der Waals surface area contributed by atoms with E-state index < -0.39 is 0 Å². The molecule has 1 heterocycles. The maximum atomic E-state index is 8.46. The number of aromatic nitrogens is 1. The summed E-state index contributed by atoms with van der Waals surface area (Å²) >= 11 is 0. The molecule has 88 valence electrons. The van der Waals surface area contributed by atoms with Crippen molar-refractivity contribution in [2.45, 2.75) is 0 Å². The van der Waals surface area contributed by atoms with Crippen molar-refractivity contribution in [3.63, 3.8) is 0 Å². The minimum absolute atomic E-state index is 0.0346. The highest BCUT2D eigenvalue weighted by molar-refractivity contribution is 5.96. The van der Waals surface area contributed by atoms with Gasteiger partial charge in [-0.1, -0.05) is 5.16 Å². The molecule has 0 aliphatic carbocycles. The van der Waals surface area contributed by atoms with E-state index in [2.05, 4.69) is 10.1 Å². The summed E-state index contributed by atoms with van der Waals surface area (Å²) in [7, 11) is 3.94. The van der Waals surface area contributed by atoms with Gasteiger partial charge in [0.15, 0.2) is 5.84 Å². The third-order valence-electron chi connectivity index (χ3n) is 1.93. The van der Waals surface area contributed by atoms with E-state index in [-0.39, 0.29) is 5.84 Å². The lowest BCUT2D eigenvalue weighted by Gasteiger charge is -2.10. The number of likely N-dealkylation sites (N-methyl/N-ethyl adjacent to an activating group) is 1. The maximum absolute atomic E-state index is 8.46. The summed E-state index contributed by atoms with van der Waals surface area (Å²) in [5, 5.41) is 11.3. The van der Waals surface area contributed by atoms with E-state index in [1.165, 1.54) is 6.20 Å². The Morgan fingerprint density at radius 3 is 2.81 bits per heavy atom. The molecule has 0 spiro atoms. The second-order valence-electron chi connectivity index (χ2n) is 3.52. The molecule has 1 aromatic rings. The topological polar surface area (TPSA) is 84.0 Å². The zero-order valence-electron chi connectivity index (χ0n) is 9.42. The summed E-state index contributed by atoms with van der Waals surface area (Å²) in [4.78, 5) is 6.05. The maximum Gasteiger partial charge on any atom is 0.213 e. The first-order valence-electron chi connectivity index (χ1n) is 4.85. The minimum atomic E-state index is 0.0346. The van der Waals surface area contributed by atoms with Gasteiger partial charge >= 0.3 is 0 Å². The first-order valence-corrected chi connectivity index (χ1v) is 4.85. The molecule has 0 unspecified atom stereocenters. The fourth-order valence-electron chi connectivity index (χ4n) is 1.01. The molecule has 0 radical (unpaired) electrons. The molecule has 1 aromatic heterocycles. The summed E-state index contributed by atoms with van der Waals surface area (Å²) in [6.07, 6.45) is 1.50. The van der Waals surface area contributed by atoms with Gasteiger partial charge in [-0.05, 0) is 20.2 Å². The molecule has 0 saturated carbocycles. The van der Waals surface area contributed by atoms with Crippen molar-refractivity contribution in [3.8, 4) is 5.88 Å². The molecule has 0 aliphatic heterocycles. The zero-order valence-corrected chi connectivity index (χ0v) is 9.42. The van der Waals surface area contributed by atoms with Crippen LogP contribution in [0.3, 0.4) is 0 Å². The molecule has 3 N–H and O–H groups in total. The van der Waals surface area contributed by atoms with Crippen LogP contribution in [-0.2, 0) is 0 Å². The van der Waals surface area contributed by atoms with Gasteiger partial charge in [0.2, 0.25) is 5.88 Å². The van der Waals surface area contributed by atoms with Crippen molar-refractivity contribution in [2.24, 2.45) is 10.9 Å². The van der Waals surface area contributed by atoms with Gasteiger partial charge in [0.25, 0.3) is 0 Å². The molecule has 6 heteroatoms. The minimum Gasteiger partial charge on any atom is -0.476 e. The van der Waals surface area contributed by atoms with Gasteiger partial charge in [0, 0.05) is 24.4 Å². The van der Waals surface area contributed by atoms with Crippen molar-refractivity contribution >= 4 is 5.84 Å². The van der Waals surface area contributed by atoms with Gasteiger partial charge < -0.3 is 20.6 Å². The van der Waals surface area contributed by atoms with Gasteiger partial charge in [-0.25, -0.2) is 4.98 Å². The van der Waals surface area contributed by atoms with E-state index in [0.29, 0.717) is 18.1 Å². The fourth-order valence-corrected chi connectivity index (χ4v) is 1.01. The highest BCUT2D eigenvalue weighted by Gasteiger charge is 2.01. The summed E-state index contributed by atoms with van der Waals surface area (Å²) in [5.41, 5.74) is 5.95. The van der Waals surface area contributed by atoms with E-state index in [4.69, 9.17) is 15.7 Å². The molecule has 0 saturated heterocycles. The number of pyridine rings is 1. The Bertz CT molecular complexity index is 348. The Morgan fingerprint density at radius 2 is 2.31 bits per heavy atom. The van der Waals surface area contributed by atoms with Crippen LogP contribution in [0.2, 0.25) is 0 Å². The zero-order chi connectivity index (χ0) is 12.0. The first kappa shape index (κ1) is 12.3. The van der Waals surface area contributed by atoms with Crippen LogP contribution < -0.4 is 10.5 Å². The molecule has 0 amide bonds. The van der Waals surface area contributed by atoms with Crippen molar-refractivity contribution in [2.75, 3.05) is 27.2 Å². The monoisotopic (exact) mass is 224 g/mol. The Labute approximate surface area is 94.3 Å². The lowest BCUT2D eigenvalue weighted by Crippen LogP contribution is -2.19. The second kappa shape index (κ2) is 5.92. The van der Waals surface area contributed by atoms with E-state index in [0.717, 1.165) is 6.54 Å². The Kier molecular flexibility index (Phi) is 4.53. The highest BCUT2D eigenvalue weighted by atomic mass is 16.5. The van der Waals surface area contributed by atoms with Crippen LogP contribution in [0.25, 0.3) is 0 Å². The van der Waals surface area contributed by atoms with Crippen LogP contribution in [0.1, 0.15) is 5.56 Å². The van der Waals surface area contributed by atoms with Gasteiger partial charge in [-0.15, -0.1) is 0 Å². The van der Waals surface area contributed by atoms with Crippen LogP contribution in [-0.4, -0.2) is 48.2 Å². The molecule has 0 fully saturated rings. The molecular weight excluding hydrogens is 208 g/mol. The predicted molar refractivity (Wildman–Crippen MR) is 60.8 cm³/mol. The van der Waals surface area contributed by atoms with E-state index >= 15 is 0 Å². The van der Waals surface area contributed by atoms with Gasteiger partial charge in [0.05, 0.1) is 0 Å². The Morgan fingerprint density at radius 1 is 1.56 bits per heavy atom. The van der Waals surface area contributed by atoms with Crippen LogP contribution >= 0.6 is 0 Å². The second-order valence-corrected chi connectivity index (χ2v) is 3.52. The lowest BCUT2D eigenvalue weighted by atomic mass is 10.3. The highest BCUT2D eigenvalue weighted by Crippen LogP contribution is 2.07. The SMILES string of the molecule is CN(C)CCOc1ccc(/C(N)=N/O)cn1. The smallest absolute Gasteiger partial charge is 0.213 e. The third-order valence-corrected chi connectivity index (χ3v) is 1.93. The molecule has 0 bridgehead atoms. The molecule has 6 nitrogen and oxygen atoms in total. The number of oxime groups is 1. The van der Waals surface area contributed by atoms with Crippen LogP contribution in [0, 0.1) is 0 Å². The van der Waals surface area contributed by atoms with Crippen molar-refractivity contribution in [1.29, 1.82) is 0 Å². The number of hydrogen-bond acceptors (Lipinski definition) is 5. The number of nitrogens with two attached hydrogens (primary N) is 1. The average molecular weight is 224 g/mol. The average Bonchev–Trinajstić information content (AvgIpc) is 2.28. The predicted octanol–water partition coefficient (Wildman–Crippen LogP) is 0.116. The van der Waals surface area contributed by atoms with Gasteiger partial charge in [-0.2, -0.15) is 0 Å². The molecule has 0 aliphatic rings. The number of ether oxygens (including phenoxy) is 1. The van der Waals surface area contributed by atoms with Gasteiger partial charge in [0.1, 0.15) is 6.61 Å². The number of amidine groups is 1. The largest absolute Gasteiger partial charge is 0.476 e. The van der Waals surface area contributed by atoms with E-state index in [1.807, 2.05) is 19.0 Å². The normalized spacial score (nSPS) is 11.8. The van der Waals surface area contributed by atoms with Gasteiger partial charge in [-0.3, -0.25) is 0 Å². The fraction of sp³-hybridized carbons (Fsp3) is 0.400. The van der Waals surface area contributed by atoms with E-state index in [9.17, 15) is 0 Å². The van der Waals surface area contributed by atoms with E-state index in [1.54, 1.807) is 12.1 Å². The van der Waals surface area contributed by atoms with Crippen molar-refractivity contribution in [3.05, 3.63) is 23.9 Å². The van der Waals surface area contributed by atoms with Crippen LogP contribution in [0.5, 0.6) is 5.88 Å². The van der Waals surface area contributed by atoms with Crippen LogP contribution in [0.15, 0.2) is 23.5 Å². The standard InChI is InChI=1S/C10H16N4O2/c1-14(2)5-6-16-9-4-3-8(7-12-9)10(11)13-15/h3-4,7,15H,5-6H2,1-2H3,(H2,11,13). The molecule has 1 rings (SSSR count). The van der Waals surface area contributed by atoms with Crippen molar-refractivity contribution in [1.82, 2.24) is 9.88 Å². The molecule has 16 heavy (non-hydrogen) atoms. The molecule has 0 atom stereocenters. The lowest BCUT2D eigenvalue weighted by molar-refractivity contribution is 0.254. The summed E-state index contributed by atoms with van der Waals surface area (Å²) in [6.45, 7) is 1.40. The Hall–Kier alpha value is -1.82.